The van der Waals surface area contributed by atoms with Crippen molar-refractivity contribution >= 4 is 16.5 Å². The number of nitrogens with two attached hydrogens (primary N) is 1. The Balaban J connectivity index is 1.98. The molecule has 2 aromatic carbocycles. The summed E-state index contributed by atoms with van der Waals surface area (Å²) in [6, 6.07) is 18.9. The zero-order valence-corrected chi connectivity index (χ0v) is 13.0. The molecule has 0 aliphatic rings. The van der Waals surface area contributed by atoms with E-state index in [0.29, 0.717) is 11.0 Å². The van der Waals surface area contributed by atoms with Gasteiger partial charge in [0.1, 0.15) is 0 Å². The van der Waals surface area contributed by atoms with E-state index in [1.54, 1.807) is 11.3 Å². The van der Waals surface area contributed by atoms with Gasteiger partial charge < -0.3 is 5.73 Å². The predicted octanol–water partition coefficient (Wildman–Crippen LogP) is 5.18. The molecule has 0 amide bonds. The van der Waals surface area contributed by atoms with Crippen molar-refractivity contribution in [3.63, 3.8) is 0 Å². The highest BCUT2D eigenvalue weighted by Crippen LogP contribution is 2.35. The number of nitrogen functional groups attached to an aromatic ring is 1. The zero-order chi connectivity index (χ0) is 14.8. The Hall–Kier alpha value is -2.13. The van der Waals surface area contributed by atoms with Crippen molar-refractivity contribution in [3.8, 4) is 22.4 Å². The predicted molar refractivity (Wildman–Crippen MR) is 91.5 cm³/mol. The molecule has 0 bridgehead atoms. The van der Waals surface area contributed by atoms with Crippen molar-refractivity contribution in [2.75, 3.05) is 5.73 Å². The molecule has 0 radical (unpaired) electrons. The minimum Gasteiger partial charge on any atom is -0.375 e. The maximum atomic E-state index is 5.88. The summed E-state index contributed by atoms with van der Waals surface area (Å²) in [5, 5.41) is 0.640. The molecule has 0 spiro atoms. The first-order valence-corrected chi connectivity index (χ1v) is 7.89. The van der Waals surface area contributed by atoms with Gasteiger partial charge in [0.2, 0.25) is 0 Å². The van der Waals surface area contributed by atoms with Gasteiger partial charge in [-0.05, 0) is 17.0 Å². The van der Waals surface area contributed by atoms with E-state index < -0.39 is 0 Å². The number of rotatable bonds is 3. The molecule has 21 heavy (non-hydrogen) atoms. The molecule has 0 aliphatic carbocycles. The summed E-state index contributed by atoms with van der Waals surface area (Å²) in [4.78, 5) is 5.75. The third-order valence-electron chi connectivity index (χ3n) is 3.46. The molecule has 1 aromatic heterocycles. The van der Waals surface area contributed by atoms with E-state index in [-0.39, 0.29) is 0 Å². The highest BCUT2D eigenvalue weighted by molar-refractivity contribution is 7.15. The van der Waals surface area contributed by atoms with Gasteiger partial charge in [-0.3, -0.25) is 0 Å². The highest BCUT2D eigenvalue weighted by atomic mass is 32.1. The molecule has 106 valence electrons. The Morgan fingerprint density at radius 2 is 1.43 bits per heavy atom. The van der Waals surface area contributed by atoms with Crippen molar-refractivity contribution in [2.24, 2.45) is 0 Å². The lowest BCUT2D eigenvalue weighted by Crippen LogP contribution is -1.88. The largest absolute Gasteiger partial charge is 0.375 e. The van der Waals surface area contributed by atoms with E-state index >= 15 is 0 Å². The molecule has 2 N–H and O–H groups in total. The second kappa shape index (κ2) is 5.70. The SMILES string of the molecule is CC(C)c1sc(N)nc1-c1ccc(-c2ccccc2)cc1. The Labute approximate surface area is 129 Å². The fourth-order valence-electron chi connectivity index (χ4n) is 2.40. The number of anilines is 1. The molecule has 3 aromatic rings. The van der Waals surface area contributed by atoms with Gasteiger partial charge in [0, 0.05) is 10.4 Å². The second-order valence-electron chi connectivity index (χ2n) is 5.36. The van der Waals surface area contributed by atoms with E-state index in [2.05, 4.69) is 67.4 Å². The first kappa shape index (κ1) is 13.8. The van der Waals surface area contributed by atoms with Crippen LogP contribution in [0.5, 0.6) is 0 Å². The number of nitrogens with zero attached hydrogens (tertiary/aromatic N) is 1. The summed E-state index contributed by atoms with van der Waals surface area (Å²) in [6.07, 6.45) is 0. The van der Waals surface area contributed by atoms with Crippen molar-refractivity contribution in [1.82, 2.24) is 4.98 Å². The summed E-state index contributed by atoms with van der Waals surface area (Å²) >= 11 is 1.58. The maximum Gasteiger partial charge on any atom is 0.180 e. The second-order valence-corrected chi connectivity index (χ2v) is 6.43. The summed E-state index contributed by atoms with van der Waals surface area (Å²) < 4.78 is 0. The molecule has 2 nitrogen and oxygen atoms in total. The first-order chi connectivity index (χ1) is 10.1. The minimum absolute atomic E-state index is 0.434. The molecular weight excluding hydrogens is 276 g/mol. The number of benzene rings is 2. The van der Waals surface area contributed by atoms with E-state index in [9.17, 15) is 0 Å². The molecule has 0 saturated heterocycles. The standard InChI is InChI=1S/C18H18N2S/c1-12(2)17-16(20-18(19)21-17)15-10-8-14(9-11-15)13-6-4-3-5-7-13/h3-12H,1-2H3,(H2,19,20). The van der Waals surface area contributed by atoms with Crippen LogP contribution in [0.25, 0.3) is 22.4 Å². The molecule has 0 atom stereocenters. The monoisotopic (exact) mass is 294 g/mol. The highest BCUT2D eigenvalue weighted by Gasteiger charge is 2.14. The average molecular weight is 294 g/mol. The zero-order valence-electron chi connectivity index (χ0n) is 12.2. The van der Waals surface area contributed by atoms with Gasteiger partial charge in [0.05, 0.1) is 5.69 Å². The third-order valence-corrected chi connectivity index (χ3v) is 4.64. The van der Waals surface area contributed by atoms with Crippen molar-refractivity contribution in [1.29, 1.82) is 0 Å². The average Bonchev–Trinajstić information content (AvgIpc) is 2.91. The van der Waals surface area contributed by atoms with Crippen LogP contribution in [0.3, 0.4) is 0 Å². The van der Waals surface area contributed by atoms with Crippen LogP contribution in [-0.2, 0) is 0 Å². The third kappa shape index (κ3) is 2.83. The molecule has 0 unspecified atom stereocenters. The quantitative estimate of drug-likeness (QED) is 0.722. The lowest BCUT2D eigenvalue weighted by Gasteiger charge is -2.07. The van der Waals surface area contributed by atoms with Crippen molar-refractivity contribution in [3.05, 3.63) is 59.5 Å². The van der Waals surface area contributed by atoms with Gasteiger partial charge in [0.15, 0.2) is 5.13 Å². The number of thiazole rings is 1. The van der Waals surface area contributed by atoms with Gasteiger partial charge in [-0.25, -0.2) is 4.98 Å². The molecule has 3 rings (SSSR count). The maximum absolute atomic E-state index is 5.88. The molecule has 1 heterocycles. The first-order valence-electron chi connectivity index (χ1n) is 7.07. The van der Waals surface area contributed by atoms with Crippen molar-refractivity contribution in [2.45, 2.75) is 19.8 Å². The van der Waals surface area contributed by atoms with E-state index in [1.165, 1.54) is 16.0 Å². The van der Waals surface area contributed by atoms with Crippen LogP contribution in [0.15, 0.2) is 54.6 Å². The Kier molecular flexibility index (Phi) is 3.76. The molecule has 0 saturated carbocycles. The smallest absolute Gasteiger partial charge is 0.180 e. The van der Waals surface area contributed by atoms with Crippen LogP contribution in [0.1, 0.15) is 24.6 Å². The van der Waals surface area contributed by atoms with E-state index in [0.717, 1.165) is 11.3 Å². The van der Waals surface area contributed by atoms with Gasteiger partial charge in [0.25, 0.3) is 0 Å². The summed E-state index contributed by atoms with van der Waals surface area (Å²) in [5.41, 5.74) is 10.5. The summed E-state index contributed by atoms with van der Waals surface area (Å²) in [6.45, 7) is 4.35. The van der Waals surface area contributed by atoms with Gasteiger partial charge in [-0.2, -0.15) is 0 Å². The fraction of sp³-hybridized carbons (Fsp3) is 0.167. The number of hydrogen-bond donors (Lipinski definition) is 1. The van der Waals surface area contributed by atoms with E-state index in [4.69, 9.17) is 5.73 Å². The van der Waals surface area contributed by atoms with Crippen LogP contribution >= 0.6 is 11.3 Å². The van der Waals surface area contributed by atoms with Crippen LogP contribution in [0.4, 0.5) is 5.13 Å². The van der Waals surface area contributed by atoms with Crippen LogP contribution in [0, 0.1) is 0 Å². The van der Waals surface area contributed by atoms with Crippen LogP contribution in [-0.4, -0.2) is 4.98 Å². The summed E-state index contributed by atoms with van der Waals surface area (Å²) in [5.74, 6) is 0.434. The Morgan fingerprint density at radius 3 is 2.05 bits per heavy atom. The minimum atomic E-state index is 0.434. The lowest BCUT2D eigenvalue weighted by atomic mass is 10.0. The number of aromatic nitrogens is 1. The molecule has 0 aliphatic heterocycles. The Morgan fingerprint density at radius 1 is 0.857 bits per heavy atom. The van der Waals surface area contributed by atoms with Gasteiger partial charge in [-0.1, -0.05) is 68.4 Å². The fourth-order valence-corrected chi connectivity index (χ4v) is 3.26. The van der Waals surface area contributed by atoms with Crippen LogP contribution in [0.2, 0.25) is 0 Å². The molecule has 0 fully saturated rings. The van der Waals surface area contributed by atoms with Crippen molar-refractivity contribution < 1.29 is 0 Å². The van der Waals surface area contributed by atoms with Gasteiger partial charge >= 0.3 is 0 Å². The van der Waals surface area contributed by atoms with E-state index in [1.807, 2.05) is 6.07 Å². The Bertz CT molecular complexity index is 728. The topological polar surface area (TPSA) is 38.9 Å². The van der Waals surface area contributed by atoms with Gasteiger partial charge in [-0.15, -0.1) is 11.3 Å². The normalized spacial score (nSPS) is 11.0. The molecular formula is C18H18N2S. The molecule has 3 heteroatoms. The van der Waals surface area contributed by atoms with Crippen LogP contribution < -0.4 is 5.73 Å². The number of hydrogen-bond acceptors (Lipinski definition) is 3. The summed E-state index contributed by atoms with van der Waals surface area (Å²) in [7, 11) is 0. The lowest BCUT2D eigenvalue weighted by molar-refractivity contribution is 0.888.